The third-order valence-corrected chi connectivity index (χ3v) is 6.26. The van der Waals surface area contributed by atoms with Gasteiger partial charge in [-0.2, -0.15) is 0 Å². The van der Waals surface area contributed by atoms with Crippen molar-refractivity contribution in [1.82, 2.24) is 9.97 Å². The van der Waals surface area contributed by atoms with Gasteiger partial charge in [-0.25, -0.2) is 4.98 Å². The molecule has 2 N–H and O–H groups in total. The highest BCUT2D eigenvalue weighted by Crippen LogP contribution is 2.30. The van der Waals surface area contributed by atoms with Gasteiger partial charge in [0.1, 0.15) is 0 Å². The molecule has 5 rings (SSSR count). The van der Waals surface area contributed by atoms with Crippen molar-refractivity contribution >= 4 is 60.8 Å². The average Bonchev–Trinajstić information content (AvgIpc) is 3.31. The van der Waals surface area contributed by atoms with Gasteiger partial charge < -0.3 is 19.9 Å². The summed E-state index contributed by atoms with van der Waals surface area (Å²) in [7, 11) is 0. The topological polar surface area (TPSA) is 70.2 Å². The summed E-state index contributed by atoms with van der Waals surface area (Å²) in [6.07, 6.45) is 2.11. The zero-order valence-electron chi connectivity index (χ0n) is 15.6. The van der Waals surface area contributed by atoms with E-state index in [1.165, 1.54) is 11.3 Å². The second-order valence-corrected chi connectivity index (χ2v) is 8.47. The first-order valence-electron chi connectivity index (χ1n) is 9.44. The monoisotopic (exact) mass is 426 g/mol. The number of H-pyrrole nitrogens is 1. The van der Waals surface area contributed by atoms with Crippen molar-refractivity contribution in [2.75, 3.05) is 36.5 Å². The first-order chi connectivity index (χ1) is 14.2. The van der Waals surface area contributed by atoms with Crippen molar-refractivity contribution in [3.63, 3.8) is 0 Å². The van der Waals surface area contributed by atoms with Crippen LogP contribution in [-0.2, 0) is 16.0 Å². The number of benzene rings is 2. The van der Waals surface area contributed by atoms with Crippen LogP contribution in [0.5, 0.6) is 0 Å². The van der Waals surface area contributed by atoms with Gasteiger partial charge in [-0.1, -0.05) is 22.9 Å². The van der Waals surface area contributed by atoms with Crippen LogP contribution in [0.1, 0.15) is 5.56 Å². The Labute approximate surface area is 176 Å². The normalized spacial score (nSPS) is 14.6. The number of nitrogens with zero attached hydrogens (tertiary/aromatic N) is 2. The third-order valence-electron chi connectivity index (χ3n) is 5.07. The summed E-state index contributed by atoms with van der Waals surface area (Å²) in [6, 6.07) is 11.9. The first-order valence-corrected chi connectivity index (χ1v) is 10.6. The van der Waals surface area contributed by atoms with E-state index in [0.29, 0.717) is 10.2 Å². The number of thiazole rings is 1. The second-order valence-electron chi connectivity index (χ2n) is 7.00. The molecular weight excluding hydrogens is 408 g/mol. The molecule has 0 radical (unpaired) electrons. The Balaban J connectivity index is 1.32. The van der Waals surface area contributed by atoms with Gasteiger partial charge in [0.25, 0.3) is 0 Å². The van der Waals surface area contributed by atoms with E-state index < -0.39 is 0 Å². The van der Waals surface area contributed by atoms with E-state index in [0.717, 1.165) is 58.7 Å². The Morgan fingerprint density at radius 2 is 2.10 bits per heavy atom. The average molecular weight is 427 g/mol. The van der Waals surface area contributed by atoms with Crippen molar-refractivity contribution in [2.45, 2.75) is 6.42 Å². The molecule has 1 saturated heterocycles. The van der Waals surface area contributed by atoms with Gasteiger partial charge >= 0.3 is 0 Å². The van der Waals surface area contributed by atoms with Crippen molar-refractivity contribution < 1.29 is 9.53 Å². The predicted molar refractivity (Wildman–Crippen MR) is 118 cm³/mol. The smallest absolute Gasteiger partial charge is 0.230 e. The lowest BCUT2D eigenvalue weighted by atomic mass is 10.1. The number of hydrogen-bond donors (Lipinski definition) is 2. The highest BCUT2D eigenvalue weighted by atomic mass is 35.5. The lowest BCUT2D eigenvalue weighted by Gasteiger charge is -2.28. The number of carbonyl (C=O) groups excluding carboxylic acids is 1. The molecule has 0 spiro atoms. The van der Waals surface area contributed by atoms with Crippen molar-refractivity contribution in [1.29, 1.82) is 0 Å². The highest BCUT2D eigenvalue weighted by Gasteiger charge is 2.15. The molecule has 3 heterocycles. The van der Waals surface area contributed by atoms with Crippen molar-refractivity contribution in [2.24, 2.45) is 0 Å². The summed E-state index contributed by atoms with van der Waals surface area (Å²) in [5.74, 6) is -0.0988. The Kier molecular flexibility index (Phi) is 4.87. The number of carbonyl (C=O) groups is 1. The second kappa shape index (κ2) is 7.67. The molecular formula is C21H19ClN4O2S. The van der Waals surface area contributed by atoms with E-state index >= 15 is 0 Å². The molecule has 148 valence electrons. The predicted octanol–water partition coefficient (Wildman–Crippen LogP) is 4.45. The first kappa shape index (κ1) is 18.4. The van der Waals surface area contributed by atoms with Gasteiger partial charge in [-0.15, -0.1) is 0 Å². The van der Waals surface area contributed by atoms with E-state index in [-0.39, 0.29) is 12.3 Å². The Bertz CT molecular complexity index is 1200. The summed E-state index contributed by atoms with van der Waals surface area (Å²) in [5.41, 5.74) is 3.91. The summed E-state index contributed by atoms with van der Waals surface area (Å²) >= 11 is 7.58. The van der Waals surface area contributed by atoms with Gasteiger partial charge in [-0.05, 0) is 42.0 Å². The maximum atomic E-state index is 12.6. The van der Waals surface area contributed by atoms with Crippen LogP contribution in [0.25, 0.3) is 21.1 Å². The fourth-order valence-electron chi connectivity index (χ4n) is 3.62. The number of ether oxygens (including phenoxy) is 1. The Morgan fingerprint density at radius 3 is 2.97 bits per heavy atom. The maximum Gasteiger partial charge on any atom is 0.230 e. The molecule has 8 heteroatoms. The molecule has 1 aliphatic rings. The van der Waals surface area contributed by atoms with Crippen LogP contribution in [-0.4, -0.2) is 42.2 Å². The van der Waals surface area contributed by atoms with Crippen LogP contribution < -0.4 is 10.2 Å². The fraction of sp³-hybridized carbons (Fsp3) is 0.238. The summed E-state index contributed by atoms with van der Waals surface area (Å²) in [5, 5.41) is 5.17. The lowest BCUT2D eigenvalue weighted by molar-refractivity contribution is -0.115. The minimum Gasteiger partial charge on any atom is -0.378 e. The van der Waals surface area contributed by atoms with Gasteiger partial charge in [0.15, 0.2) is 5.13 Å². The van der Waals surface area contributed by atoms with Crippen LogP contribution in [0.3, 0.4) is 0 Å². The van der Waals surface area contributed by atoms with Crippen LogP contribution in [0.4, 0.5) is 10.8 Å². The third kappa shape index (κ3) is 3.81. The van der Waals surface area contributed by atoms with Crippen LogP contribution in [0.2, 0.25) is 5.02 Å². The lowest BCUT2D eigenvalue weighted by Crippen LogP contribution is -2.36. The Morgan fingerprint density at radius 1 is 1.24 bits per heavy atom. The zero-order chi connectivity index (χ0) is 19.8. The van der Waals surface area contributed by atoms with Crippen LogP contribution in [0.15, 0.2) is 42.6 Å². The minimum atomic E-state index is -0.0988. The molecule has 0 saturated carbocycles. The number of amides is 1. The molecule has 0 bridgehead atoms. The molecule has 29 heavy (non-hydrogen) atoms. The maximum absolute atomic E-state index is 12.6. The van der Waals surface area contributed by atoms with Gasteiger partial charge in [0, 0.05) is 40.9 Å². The molecule has 1 fully saturated rings. The molecule has 1 amide bonds. The summed E-state index contributed by atoms with van der Waals surface area (Å²) in [4.78, 5) is 22.7. The Hall–Kier alpha value is -2.61. The summed E-state index contributed by atoms with van der Waals surface area (Å²) < 4.78 is 6.47. The number of nitrogens with one attached hydrogen (secondary N) is 2. The zero-order valence-corrected chi connectivity index (χ0v) is 17.1. The van der Waals surface area contributed by atoms with E-state index in [1.807, 2.05) is 24.4 Å². The fourth-order valence-corrected chi connectivity index (χ4v) is 4.66. The molecule has 6 nitrogen and oxygen atoms in total. The SMILES string of the molecule is O=C(Cc1c[nH]c2ccc(Cl)cc12)Nc1nc2cc(N3CCOCC3)ccc2s1. The van der Waals surface area contributed by atoms with Gasteiger partial charge in [-0.3, -0.25) is 4.79 Å². The van der Waals surface area contributed by atoms with Gasteiger partial charge in [0.2, 0.25) is 5.91 Å². The number of rotatable bonds is 4. The number of fused-ring (bicyclic) bond motifs is 2. The standard InChI is InChI=1S/C21H19ClN4O2S/c22-14-1-3-17-16(10-14)13(12-23-17)9-20(27)25-21-24-18-11-15(2-4-19(18)29-21)26-5-7-28-8-6-26/h1-4,10-12,23H,5-9H2,(H,24,25,27). The number of anilines is 2. The van der Waals surface area contributed by atoms with Crippen molar-refractivity contribution in [3.8, 4) is 0 Å². The number of aromatic nitrogens is 2. The van der Waals surface area contributed by atoms with Crippen LogP contribution in [0, 0.1) is 0 Å². The number of aromatic amines is 1. The summed E-state index contributed by atoms with van der Waals surface area (Å²) in [6.45, 7) is 3.26. The number of halogens is 1. The number of hydrogen-bond acceptors (Lipinski definition) is 5. The quantitative estimate of drug-likeness (QED) is 0.505. The molecule has 2 aromatic carbocycles. The van der Waals surface area contributed by atoms with Gasteiger partial charge in [0.05, 0.1) is 29.9 Å². The molecule has 0 unspecified atom stereocenters. The molecule has 0 aliphatic carbocycles. The molecule has 1 aliphatic heterocycles. The van der Waals surface area contributed by atoms with E-state index in [9.17, 15) is 4.79 Å². The van der Waals surface area contributed by atoms with E-state index in [4.69, 9.17) is 16.3 Å². The van der Waals surface area contributed by atoms with E-state index in [1.54, 1.807) is 0 Å². The highest BCUT2D eigenvalue weighted by molar-refractivity contribution is 7.22. The largest absolute Gasteiger partial charge is 0.378 e. The minimum absolute atomic E-state index is 0.0988. The molecule has 4 aromatic rings. The number of morpholine rings is 1. The van der Waals surface area contributed by atoms with Crippen LogP contribution >= 0.6 is 22.9 Å². The van der Waals surface area contributed by atoms with E-state index in [2.05, 4.69) is 38.4 Å². The molecule has 0 atom stereocenters. The van der Waals surface area contributed by atoms with Crippen molar-refractivity contribution in [3.05, 3.63) is 53.2 Å². The molecule has 2 aromatic heterocycles.